The molecule has 0 unspecified atom stereocenters. The number of nitrogens with zero attached hydrogens (tertiary/aromatic N) is 3. The molecular weight excluding hydrogens is 368 g/mol. The van der Waals surface area contributed by atoms with Crippen LogP contribution < -0.4 is 5.32 Å². The molecule has 0 radical (unpaired) electrons. The average molecular weight is 401 g/mol. The number of hydrogen-bond donors (Lipinski definition) is 1. The number of rotatable bonds is 8. The lowest BCUT2D eigenvalue weighted by Crippen LogP contribution is -2.29. The Kier molecular flexibility index (Phi) is 8.83. The third kappa shape index (κ3) is 6.14. The van der Waals surface area contributed by atoms with Crippen LogP contribution in [0.2, 0.25) is 0 Å². The van der Waals surface area contributed by atoms with Gasteiger partial charge < -0.3 is 15.0 Å². The van der Waals surface area contributed by atoms with Gasteiger partial charge in [0.1, 0.15) is 30.9 Å². The van der Waals surface area contributed by atoms with E-state index in [0.717, 1.165) is 41.3 Å². The van der Waals surface area contributed by atoms with E-state index in [2.05, 4.69) is 27.5 Å². The van der Waals surface area contributed by atoms with Crippen LogP contribution in [0.1, 0.15) is 50.7 Å². The number of oxime groups is 2. The third-order valence-corrected chi connectivity index (χ3v) is 5.32. The molecule has 7 nitrogen and oxygen atoms in total. The van der Waals surface area contributed by atoms with E-state index in [1.54, 1.807) is 21.2 Å². The maximum atomic E-state index is 12.1. The molecule has 7 heteroatoms. The summed E-state index contributed by atoms with van der Waals surface area (Å²) < 4.78 is 0. The Morgan fingerprint density at radius 1 is 1.17 bits per heavy atom. The second-order valence-corrected chi connectivity index (χ2v) is 7.37. The molecule has 0 aliphatic heterocycles. The van der Waals surface area contributed by atoms with Gasteiger partial charge in [0.2, 0.25) is 0 Å². The monoisotopic (exact) mass is 400 g/mol. The second kappa shape index (κ2) is 11.3. The van der Waals surface area contributed by atoms with Crippen molar-refractivity contribution in [2.75, 3.05) is 21.2 Å². The summed E-state index contributed by atoms with van der Waals surface area (Å²) in [4.78, 5) is 26.9. The van der Waals surface area contributed by atoms with E-state index in [1.807, 2.05) is 31.2 Å². The lowest BCUT2D eigenvalue weighted by Gasteiger charge is -2.26. The van der Waals surface area contributed by atoms with Crippen molar-refractivity contribution in [1.82, 2.24) is 5.32 Å². The minimum absolute atomic E-state index is 0.228. The van der Waals surface area contributed by atoms with Gasteiger partial charge in [0.25, 0.3) is 5.91 Å². The van der Waals surface area contributed by atoms with Crippen LogP contribution in [0, 0.1) is 11.8 Å². The first-order valence-electron chi connectivity index (χ1n) is 10.1. The number of carbonyl (C=O) groups excluding carboxylic acids is 1. The molecule has 1 N–H and O–H groups in total. The molecule has 158 valence electrons. The van der Waals surface area contributed by atoms with Gasteiger partial charge in [-0.2, -0.15) is 0 Å². The molecular formula is C22H32N4O3. The first kappa shape index (κ1) is 22.6. The van der Waals surface area contributed by atoms with E-state index in [-0.39, 0.29) is 12.5 Å². The van der Waals surface area contributed by atoms with E-state index >= 15 is 0 Å². The van der Waals surface area contributed by atoms with E-state index in [4.69, 9.17) is 9.68 Å². The summed E-state index contributed by atoms with van der Waals surface area (Å²) in [5.74, 6) is 0.869. The quantitative estimate of drug-likeness (QED) is 0.535. The lowest BCUT2D eigenvalue weighted by atomic mass is 9.79. The lowest BCUT2D eigenvalue weighted by molar-refractivity contribution is -0.114. The fraction of sp³-hybridized carbons (Fsp3) is 0.545. The molecule has 0 bridgehead atoms. The van der Waals surface area contributed by atoms with Gasteiger partial charge in [-0.15, -0.1) is 0 Å². The number of likely N-dealkylation sites (N-methyl/N-ethyl adjacent to an activating group) is 1. The maximum Gasteiger partial charge on any atom is 0.269 e. The first-order chi connectivity index (χ1) is 14.0. The Morgan fingerprint density at radius 3 is 2.48 bits per heavy atom. The molecule has 1 aliphatic rings. The van der Waals surface area contributed by atoms with Gasteiger partial charge in [0, 0.05) is 31.1 Å². The highest BCUT2D eigenvalue weighted by atomic mass is 16.6. The smallest absolute Gasteiger partial charge is 0.269 e. The normalized spacial score (nSPS) is 20.9. The van der Waals surface area contributed by atoms with Gasteiger partial charge in [0.05, 0.1) is 0 Å². The molecule has 1 aromatic rings. The Bertz CT molecular complexity index is 778. The fourth-order valence-corrected chi connectivity index (χ4v) is 3.65. The topological polar surface area (TPSA) is 84.6 Å². The Hall–Kier alpha value is -2.70. The van der Waals surface area contributed by atoms with Crippen molar-refractivity contribution in [3.63, 3.8) is 0 Å². The zero-order valence-electron chi connectivity index (χ0n) is 18.1. The number of benzene rings is 1. The molecule has 1 amide bonds. The molecule has 0 atom stereocenters. The number of aliphatic imine (C=N–C) groups is 1. The van der Waals surface area contributed by atoms with Crippen LogP contribution in [0.25, 0.3) is 0 Å². The van der Waals surface area contributed by atoms with Crippen LogP contribution in [-0.4, -0.2) is 44.2 Å². The summed E-state index contributed by atoms with van der Waals surface area (Å²) in [6.45, 7) is 4.41. The SMILES string of the molecule is CN=C(C(=O)NC)c1ccccc1CON=C(C)C(=NOC)C1CCC(C)CC1. The van der Waals surface area contributed by atoms with Crippen LogP contribution in [-0.2, 0) is 21.1 Å². The van der Waals surface area contributed by atoms with Crippen molar-refractivity contribution in [2.45, 2.75) is 46.1 Å². The first-order valence-corrected chi connectivity index (χ1v) is 10.1. The molecule has 0 heterocycles. The highest BCUT2D eigenvalue weighted by Gasteiger charge is 2.25. The maximum absolute atomic E-state index is 12.1. The molecule has 1 fully saturated rings. The molecule has 1 saturated carbocycles. The van der Waals surface area contributed by atoms with Gasteiger partial charge in [-0.3, -0.25) is 9.79 Å². The van der Waals surface area contributed by atoms with Crippen LogP contribution >= 0.6 is 0 Å². The van der Waals surface area contributed by atoms with Crippen molar-refractivity contribution in [3.05, 3.63) is 35.4 Å². The standard InChI is InChI=1S/C22H32N4O3/c1-15-10-12-17(13-11-15)20(26-28-5)16(2)25-29-14-18-8-6-7-9-19(18)21(23-3)22(27)24-4/h6-9,15,17H,10-14H2,1-5H3,(H,24,27). The van der Waals surface area contributed by atoms with Crippen LogP contribution in [0.5, 0.6) is 0 Å². The molecule has 0 aromatic heterocycles. The predicted molar refractivity (Wildman–Crippen MR) is 116 cm³/mol. The number of carbonyl (C=O) groups is 1. The van der Waals surface area contributed by atoms with Gasteiger partial charge in [-0.25, -0.2) is 0 Å². The minimum Gasteiger partial charge on any atom is -0.399 e. The largest absolute Gasteiger partial charge is 0.399 e. The number of nitrogens with one attached hydrogen (secondary N) is 1. The van der Waals surface area contributed by atoms with Crippen molar-refractivity contribution < 1.29 is 14.5 Å². The average Bonchev–Trinajstić information content (AvgIpc) is 2.74. The molecule has 0 saturated heterocycles. The molecule has 29 heavy (non-hydrogen) atoms. The highest BCUT2D eigenvalue weighted by molar-refractivity contribution is 6.45. The second-order valence-electron chi connectivity index (χ2n) is 7.37. The summed E-state index contributed by atoms with van der Waals surface area (Å²) in [7, 11) is 4.74. The van der Waals surface area contributed by atoms with E-state index < -0.39 is 0 Å². The third-order valence-electron chi connectivity index (χ3n) is 5.32. The summed E-state index contributed by atoms with van der Waals surface area (Å²) in [5.41, 5.74) is 3.51. The predicted octanol–water partition coefficient (Wildman–Crippen LogP) is 3.57. The van der Waals surface area contributed by atoms with E-state index in [0.29, 0.717) is 11.6 Å². The fourth-order valence-electron chi connectivity index (χ4n) is 3.65. The molecule has 2 rings (SSSR count). The number of hydrogen-bond acceptors (Lipinski definition) is 6. The van der Waals surface area contributed by atoms with Gasteiger partial charge >= 0.3 is 0 Å². The zero-order valence-corrected chi connectivity index (χ0v) is 18.1. The molecule has 1 aromatic carbocycles. The molecule has 1 aliphatic carbocycles. The van der Waals surface area contributed by atoms with Crippen molar-refractivity contribution in [3.8, 4) is 0 Å². The summed E-state index contributed by atoms with van der Waals surface area (Å²) >= 11 is 0. The van der Waals surface area contributed by atoms with Crippen molar-refractivity contribution >= 4 is 23.0 Å². The Balaban J connectivity index is 2.12. The van der Waals surface area contributed by atoms with E-state index in [9.17, 15) is 4.79 Å². The van der Waals surface area contributed by atoms with Crippen molar-refractivity contribution in [1.29, 1.82) is 0 Å². The van der Waals surface area contributed by atoms with Crippen molar-refractivity contribution in [2.24, 2.45) is 27.1 Å². The van der Waals surface area contributed by atoms with Gasteiger partial charge in [-0.05, 0) is 25.7 Å². The number of amides is 1. The zero-order chi connectivity index (χ0) is 21.2. The summed E-state index contributed by atoms with van der Waals surface area (Å²) in [5, 5.41) is 11.1. The van der Waals surface area contributed by atoms with Crippen LogP contribution in [0.4, 0.5) is 0 Å². The van der Waals surface area contributed by atoms with Crippen LogP contribution in [0.15, 0.2) is 39.6 Å². The van der Waals surface area contributed by atoms with Crippen LogP contribution in [0.3, 0.4) is 0 Å². The minimum atomic E-state index is -0.235. The van der Waals surface area contributed by atoms with Gasteiger partial charge in [0.15, 0.2) is 0 Å². The van der Waals surface area contributed by atoms with Gasteiger partial charge in [-0.1, -0.05) is 54.3 Å². The molecule has 0 spiro atoms. The summed E-state index contributed by atoms with van der Waals surface area (Å²) in [6, 6.07) is 7.53. The van der Waals surface area contributed by atoms with E-state index in [1.165, 1.54) is 12.8 Å². The Labute approximate surface area is 173 Å². The Morgan fingerprint density at radius 2 is 1.86 bits per heavy atom. The highest BCUT2D eigenvalue weighted by Crippen LogP contribution is 2.29. The summed E-state index contributed by atoms with van der Waals surface area (Å²) in [6.07, 6.45) is 4.55.